The molecular formula is C18H20ClN5O3. The summed E-state index contributed by atoms with van der Waals surface area (Å²) in [5.41, 5.74) is 0.0235. The van der Waals surface area contributed by atoms with Gasteiger partial charge in [0.15, 0.2) is 5.82 Å². The zero-order chi connectivity index (χ0) is 19.3. The molecule has 9 heteroatoms. The quantitative estimate of drug-likeness (QED) is 0.840. The summed E-state index contributed by atoms with van der Waals surface area (Å²) in [6.07, 6.45) is 3.39. The van der Waals surface area contributed by atoms with Crippen LogP contribution in [0.1, 0.15) is 26.2 Å². The molecule has 2 amide bonds. The Hall–Kier alpha value is -2.61. The van der Waals surface area contributed by atoms with E-state index < -0.39 is 17.5 Å². The molecule has 0 radical (unpaired) electrons. The summed E-state index contributed by atoms with van der Waals surface area (Å²) in [4.78, 5) is 30.4. The van der Waals surface area contributed by atoms with Crippen LogP contribution in [0.2, 0.25) is 5.02 Å². The molecule has 2 N–H and O–H groups in total. The van der Waals surface area contributed by atoms with E-state index in [0.29, 0.717) is 40.9 Å². The van der Waals surface area contributed by atoms with Crippen molar-refractivity contribution < 1.29 is 14.7 Å². The Balaban J connectivity index is 1.58. The van der Waals surface area contributed by atoms with Crippen molar-refractivity contribution in [2.75, 3.05) is 5.32 Å². The molecule has 1 aliphatic carbocycles. The molecular weight excluding hydrogens is 370 g/mol. The highest BCUT2D eigenvalue weighted by molar-refractivity contribution is 6.33. The number of benzene rings is 1. The van der Waals surface area contributed by atoms with Crippen LogP contribution in [0.25, 0.3) is 11.4 Å². The van der Waals surface area contributed by atoms with Crippen molar-refractivity contribution in [3.63, 3.8) is 0 Å². The Labute approximate surface area is 161 Å². The zero-order valence-corrected chi connectivity index (χ0v) is 15.8. The van der Waals surface area contributed by atoms with Crippen molar-refractivity contribution in [2.45, 2.75) is 37.8 Å². The van der Waals surface area contributed by atoms with Crippen LogP contribution in [0.3, 0.4) is 0 Å². The predicted molar refractivity (Wildman–Crippen MR) is 99.5 cm³/mol. The number of amides is 2. The number of nitrogens with zero attached hydrogens (tertiary/aromatic N) is 4. The SMILES string of the molecule is CC1CC2CC(C(=O)O)(C1)N2C(=O)Nc1ccc(Cl)c(-c2ncn(C)n2)c1. The number of urea groups is 1. The van der Waals surface area contributed by atoms with E-state index in [-0.39, 0.29) is 6.04 Å². The second kappa shape index (κ2) is 6.23. The molecule has 5 rings (SSSR count). The largest absolute Gasteiger partial charge is 0.479 e. The maximum atomic E-state index is 12.8. The lowest BCUT2D eigenvalue weighted by Crippen LogP contribution is -2.75. The molecule has 1 saturated carbocycles. The van der Waals surface area contributed by atoms with Gasteiger partial charge in [0.25, 0.3) is 0 Å². The Morgan fingerprint density at radius 2 is 2.15 bits per heavy atom. The number of carbonyl (C=O) groups excluding carboxylic acids is 1. The number of carbonyl (C=O) groups is 2. The number of aromatic nitrogens is 3. The number of aliphatic carboxylic acids is 1. The van der Waals surface area contributed by atoms with Crippen molar-refractivity contribution in [1.29, 1.82) is 0 Å². The van der Waals surface area contributed by atoms with Gasteiger partial charge in [0.2, 0.25) is 0 Å². The lowest BCUT2D eigenvalue weighted by molar-refractivity contribution is -0.173. The van der Waals surface area contributed by atoms with Gasteiger partial charge in [-0.05, 0) is 37.0 Å². The third-order valence-electron chi connectivity index (χ3n) is 5.44. The summed E-state index contributed by atoms with van der Waals surface area (Å²) in [5, 5.41) is 17.2. The molecule has 0 spiro atoms. The first-order valence-electron chi connectivity index (χ1n) is 8.79. The molecule has 2 bridgehead atoms. The summed E-state index contributed by atoms with van der Waals surface area (Å²) in [6, 6.07) is 4.60. The van der Waals surface area contributed by atoms with E-state index in [1.807, 2.05) is 6.92 Å². The van der Waals surface area contributed by atoms with Gasteiger partial charge in [-0.25, -0.2) is 14.6 Å². The van der Waals surface area contributed by atoms with Crippen LogP contribution < -0.4 is 5.32 Å². The second-order valence-corrected chi connectivity index (χ2v) is 7.88. The van der Waals surface area contributed by atoms with Crippen molar-refractivity contribution in [1.82, 2.24) is 19.7 Å². The number of nitrogens with one attached hydrogen (secondary N) is 1. The van der Waals surface area contributed by atoms with E-state index in [9.17, 15) is 14.7 Å². The fourth-order valence-corrected chi connectivity index (χ4v) is 4.57. The van der Waals surface area contributed by atoms with E-state index in [2.05, 4.69) is 15.4 Å². The average molecular weight is 390 g/mol. The number of hydrogen-bond donors (Lipinski definition) is 2. The number of fused-ring (bicyclic) bond motifs is 2. The van der Waals surface area contributed by atoms with Gasteiger partial charge >= 0.3 is 12.0 Å². The van der Waals surface area contributed by atoms with Crippen LogP contribution in [0.15, 0.2) is 24.5 Å². The van der Waals surface area contributed by atoms with E-state index in [4.69, 9.17) is 11.6 Å². The maximum absolute atomic E-state index is 12.8. The highest BCUT2D eigenvalue weighted by atomic mass is 35.5. The second-order valence-electron chi connectivity index (χ2n) is 7.48. The Kier molecular flexibility index (Phi) is 4.10. The number of anilines is 1. The van der Waals surface area contributed by atoms with E-state index >= 15 is 0 Å². The average Bonchev–Trinajstić information content (AvgIpc) is 3.01. The lowest BCUT2D eigenvalue weighted by atomic mass is 9.64. The fourth-order valence-electron chi connectivity index (χ4n) is 4.37. The molecule has 8 nitrogen and oxygen atoms in total. The summed E-state index contributed by atoms with van der Waals surface area (Å²) < 4.78 is 1.57. The van der Waals surface area contributed by atoms with Gasteiger partial charge in [0, 0.05) is 30.8 Å². The van der Waals surface area contributed by atoms with E-state index in [0.717, 1.165) is 6.42 Å². The highest BCUT2D eigenvalue weighted by Crippen LogP contribution is 2.50. The fraction of sp³-hybridized carbons (Fsp3) is 0.444. The van der Waals surface area contributed by atoms with Gasteiger partial charge in [-0.1, -0.05) is 18.5 Å². The van der Waals surface area contributed by atoms with Gasteiger partial charge in [0.05, 0.1) is 5.02 Å². The van der Waals surface area contributed by atoms with E-state index in [1.54, 1.807) is 36.3 Å². The molecule has 3 heterocycles. The minimum atomic E-state index is -1.09. The van der Waals surface area contributed by atoms with Crippen molar-refractivity contribution >= 4 is 29.3 Å². The first-order chi connectivity index (χ1) is 12.8. The van der Waals surface area contributed by atoms with Crippen molar-refractivity contribution in [3.05, 3.63) is 29.5 Å². The lowest BCUT2D eigenvalue weighted by Gasteiger charge is -2.60. The Morgan fingerprint density at radius 1 is 1.37 bits per heavy atom. The third-order valence-corrected chi connectivity index (χ3v) is 5.76. The number of carboxylic acids is 1. The van der Waals surface area contributed by atoms with Gasteiger partial charge in [-0.15, -0.1) is 0 Å². The minimum Gasteiger partial charge on any atom is -0.479 e. The molecule has 3 aliphatic rings. The number of hydrogen-bond acceptors (Lipinski definition) is 4. The van der Waals surface area contributed by atoms with Crippen LogP contribution in [0.4, 0.5) is 10.5 Å². The number of carboxylic acid groups (broad SMARTS) is 1. The molecule has 2 aromatic rings. The Bertz CT molecular complexity index is 929. The molecule has 1 aromatic heterocycles. The van der Waals surface area contributed by atoms with Gasteiger partial charge in [-0.3, -0.25) is 4.68 Å². The van der Waals surface area contributed by atoms with Gasteiger partial charge in [-0.2, -0.15) is 5.10 Å². The number of rotatable bonds is 3. The summed E-state index contributed by atoms with van der Waals surface area (Å²) in [6.45, 7) is 2.03. The first-order valence-corrected chi connectivity index (χ1v) is 9.17. The monoisotopic (exact) mass is 389 g/mol. The molecule has 3 unspecified atom stereocenters. The number of halogens is 1. The molecule has 3 atom stereocenters. The van der Waals surface area contributed by atoms with Crippen LogP contribution >= 0.6 is 11.6 Å². The standard InChI is InChI=1S/C18H20ClN5O3/c1-10-5-12-8-18(7-10,16(25)26)24(12)17(27)21-11-3-4-14(19)13(6-11)15-20-9-23(2)22-15/h3-4,6,9-10,12H,5,7-8H2,1-2H3,(H,21,27)(H,25,26). The molecule has 2 aliphatic heterocycles. The first kappa shape index (κ1) is 17.8. The zero-order valence-electron chi connectivity index (χ0n) is 15.0. The van der Waals surface area contributed by atoms with Crippen molar-refractivity contribution in [2.24, 2.45) is 13.0 Å². The van der Waals surface area contributed by atoms with Crippen molar-refractivity contribution in [3.8, 4) is 11.4 Å². The van der Waals surface area contributed by atoms with Crippen LogP contribution in [-0.2, 0) is 11.8 Å². The summed E-state index contributed by atoms with van der Waals surface area (Å²) in [7, 11) is 1.75. The summed E-state index contributed by atoms with van der Waals surface area (Å²) >= 11 is 6.25. The smallest absolute Gasteiger partial charge is 0.329 e. The molecule has 27 heavy (non-hydrogen) atoms. The van der Waals surface area contributed by atoms with Gasteiger partial charge < -0.3 is 15.3 Å². The third kappa shape index (κ3) is 2.84. The van der Waals surface area contributed by atoms with Crippen LogP contribution in [0, 0.1) is 5.92 Å². The van der Waals surface area contributed by atoms with Crippen LogP contribution in [-0.4, -0.2) is 48.4 Å². The number of aryl methyl sites for hydroxylation is 1. The molecule has 1 aromatic carbocycles. The normalized spacial score (nSPS) is 26.4. The maximum Gasteiger partial charge on any atom is 0.329 e. The molecule has 2 saturated heterocycles. The van der Waals surface area contributed by atoms with Crippen LogP contribution in [0.5, 0.6) is 0 Å². The minimum absolute atomic E-state index is 0.0333. The van der Waals surface area contributed by atoms with Gasteiger partial charge in [0.1, 0.15) is 11.9 Å². The number of piperidine rings is 1. The summed E-state index contributed by atoms with van der Waals surface area (Å²) in [5.74, 6) is -0.188. The van der Waals surface area contributed by atoms with E-state index in [1.165, 1.54) is 4.90 Å². The molecule has 3 fully saturated rings. The Morgan fingerprint density at radius 3 is 2.81 bits per heavy atom. The highest BCUT2D eigenvalue weighted by Gasteiger charge is 2.63. The predicted octanol–water partition coefficient (Wildman–Crippen LogP) is 3.00. The molecule has 142 valence electrons. The topological polar surface area (TPSA) is 100 Å².